The zero-order chi connectivity index (χ0) is 13.1. The van der Waals surface area contributed by atoms with Crippen LogP contribution in [0.15, 0.2) is 24.8 Å². The van der Waals surface area contributed by atoms with Crippen molar-refractivity contribution in [3.63, 3.8) is 0 Å². The van der Waals surface area contributed by atoms with E-state index >= 15 is 0 Å². The van der Waals surface area contributed by atoms with Gasteiger partial charge in [-0.2, -0.15) is 4.98 Å². The van der Waals surface area contributed by atoms with Crippen LogP contribution in [0.2, 0.25) is 5.02 Å². The molecule has 18 heavy (non-hydrogen) atoms. The first-order valence-corrected chi connectivity index (χ1v) is 4.99. The van der Waals surface area contributed by atoms with Crippen molar-refractivity contribution in [1.29, 1.82) is 0 Å². The lowest BCUT2D eigenvalue weighted by Crippen LogP contribution is -2.02. The molecule has 0 bridgehead atoms. The molecule has 92 valence electrons. The minimum Gasteiger partial charge on any atom is -0.432 e. The molecule has 9 heteroatoms. The summed E-state index contributed by atoms with van der Waals surface area (Å²) in [7, 11) is 0. The van der Waals surface area contributed by atoms with E-state index in [1.165, 1.54) is 18.5 Å². The Kier molecular flexibility index (Phi) is 3.20. The molecule has 2 aromatic rings. The van der Waals surface area contributed by atoms with E-state index in [1.54, 1.807) is 0 Å². The SMILES string of the molecule is Nc1ncnc(Oc2cncc(Cl)c2)c1[N+](=O)[O-]. The van der Waals surface area contributed by atoms with Crippen molar-refractivity contribution >= 4 is 23.1 Å². The number of hydrogen-bond donors (Lipinski definition) is 1. The molecular formula is C9H6ClN5O3. The molecular weight excluding hydrogens is 262 g/mol. The Morgan fingerprint density at radius 1 is 1.39 bits per heavy atom. The zero-order valence-electron chi connectivity index (χ0n) is 8.78. The van der Waals surface area contributed by atoms with Crippen molar-refractivity contribution in [2.75, 3.05) is 5.73 Å². The maximum absolute atomic E-state index is 10.8. The molecule has 0 amide bonds. The minimum atomic E-state index is -0.720. The Bertz CT molecular complexity index is 607. The van der Waals surface area contributed by atoms with E-state index in [1.807, 2.05) is 0 Å². The molecule has 0 unspecified atom stereocenters. The molecule has 2 N–H and O–H groups in total. The lowest BCUT2D eigenvalue weighted by molar-refractivity contribution is -0.385. The number of halogens is 1. The van der Waals surface area contributed by atoms with Crippen LogP contribution < -0.4 is 10.5 Å². The molecule has 0 atom stereocenters. The molecule has 8 nitrogen and oxygen atoms in total. The van der Waals surface area contributed by atoms with E-state index in [-0.39, 0.29) is 17.4 Å². The van der Waals surface area contributed by atoms with Crippen LogP contribution in [0.3, 0.4) is 0 Å². The second-order valence-electron chi connectivity index (χ2n) is 3.11. The van der Waals surface area contributed by atoms with Gasteiger partial charge in [0.1, 0.15) is 12.1 Å². The Morgan fingerprint density at radius 3 is 2.83 bits per heavy atom. The number of aromatic nitrogens is 3. The van der Waals surface area contributed by atoms with Crippen molar-refractivity contribution in [2.45, 2.75) is 0 Å². The molecule has 0 aliphatic carbocycles. The largest absolute Gasteiger partial charge is 0.432 e. The molecule has 0 radical (unpaired) electrons. The molecule has 0 aromatic carbocycles. The fourth-order valence-corrected chi connectivity index (χ4v) is 1.35. The van der Waals surface area contributed by atoms with Crippen LogP contribution in [0, 0.1) is 10.1 Å². The number of nitro groups is 1. The Balaban J connectivity index is 2.40. The molecule has 2 aromatic heterocycles. The topological polar surface area (TPSA) is 117 Å². The summed E-state index contributed by atoms with van der Waals surface area (Å²) in [5, 5.41) is 11.2. The predicted molar refractivity (Wildman–Crippen MR) is 62.4 cm³/mol. The average molecular weight is 268 g/mol. The smallest absolute Gasteiger partial charge is 0.372 e. The van der Waals surface area contributed by atoms with E-state index in [2.05, 4.69) is 15.0 Å². The highest BCUT2D eigenvalue weighted by Gasteiger charge is 2.23. The van der Waals surface area contributed by atoms with E-state index in [0.29, 0.717) is 5.02 Å². The third-order valence-corrected chi connectivity index (χ3v) is 2.10. The highest BCUT2D eigenvalue weighted by Crippen LogP contribution is 2.32. The molecule has 2 rings (SSSR count). The van der Waals surface area contributed by atoms with Gasteiger partial charge in [0, 0.05) is 12.3 Å². The quantitative estimate of drug-likeness (QED) is 0.665. The van der Waals surface area contributed by atoms with Gasteiger partial charge in [0.05, 0.1) is 16.1 Å². The van der Waals surface area contributed by atoms with E-state index in [4.69, 9.17) is 22.1 Å². The van der Waals surface area contributed by atoms with Gasteiger partial charge in [-0.15, -0.1) is 0 Å². The highest BCUT2D eigenvalue weighted by atomic mass is 35.5. The predicted octanol–water partition coefficient (Wildman–Crippen LogP) is 1.81. The average Bonchev–Trinajstić information content (AvgIpc) is 2.28. The summed E-state index contributed by atoms with van der Waals surface area (Å²) < 4.78 is 5.21. The summed E-state index contributed by atoms with van der Waals surface area (Å²) in [5.41, 5.74) is 4.89. The monoisotopic (exact) mass is 267 g/mol. The highest BCUT2D eigenvalue weighted by molar-refractivity contribution is 6.30. The molecule has 0 aliphatic heterocycles. The molecule has 0 saturated heterocycles. The normalized spacial score (nSPS) is 10.1. The standard InChI is InChI=1S/C9H6ClN5O3/c10-5-1-6(3-12-2-5)18-9-7(15(16)17)8(11)13-4-14-9/h1-4H,(H2,11,13,14). The summed E-state index contributed by atoms with van der Waals surface area (Å²) in [6, 6.07) is 1.44. The third-order valence-electron chi connectivity index (χ3n) is 1.89. The van der Waals surface area contributed by atoms with Crippen LogP contribution in [0.4, 0.5) is 11.5 Å². The summed E-state index contributed by atoms with van der Waals surface area (Å²) in [4.78, 5) is 21.1. The molecule has 0 fully saturated rings. The van der Waals surface area contributed by atoms with Crippen LogP contribution in [-0.2, 0) is 0 Å². The first-order valence-electron chi connectivity index (χ1n) is 4.61. The number of nitrogen functional groups attached to an aromatic ring is 1. The second-order valence-corrected chi connectivity index (χ2v) is 3.55. The first kappa shape index (κ1) is 12.0. The summed E-state index contributed by atoms with van der Waals surface area (Å²) in [6.07, 6.45) is 3.81. The lowest BCUT2D eigenvalue weighted by Gasteiger charge is -2.05. The summed E-state index contributed by atoms with van der Waals surface area (Å²) >= 11 is 5.71. The molecule has 2 heterocycles. The molecule has 0 aliphatic rings. The van der Waals surface area contributed by atoms with Gasteiger partial charge in [-0.25, -0.2) is 4.98 Å². The summed E-state index contributed by atoms with van der Waals surface area (Å²) in [6.45, 7) is 0. The van der Waals surface area contributed by atoms with E-state index in [9.17, 15) is 10.1 Å². The minimum absolute atomic E-state index is 0.212. The third kappa shape index (κ3) is 2.43. The number of ether oxygens (including phenoxy) is 1. The number of hydrogen-bond acceptors (Lipinski definition) is 7. The zero-order valence-corrected chi connectivity index (χ0v) is 9.53. The van der Waals surface area contributed by atoms with Gasteiger partial charge >= 0.3 is 11.6 Å². The van der Waals surface area contributed by atoms with Crippen molar-refractivity contribution in [3.8, 4) is 11.6 Å². The number of nitrogens with two attached hydrogens (primary N) is 1. The number of anilines is 1. The Morgan fingerprint density at radius 2 is 2.17 bits per heavy atom. The van der Waals surface area contributed by atoms with Crippen molar-refractivity contribution in [3.05, 3.63) is 39.9 Å². The first-order chi connectivity index (χ1) is 8.58. The van der Waals surface area contributed by atoms with Crippen LogP contribution in [0.25, 0.3) is 0 Å². The lowest BCUT2D eigenvalue weighted by atomic mass is 10.4. The van der Waals surface area contributed by atoms with Crippen LogP contribution >= 0.6 is 11.6 Å². The Labute approximate surface area is 106 Å². The van der Waals surface area contributed by atoms with Gasteiger partial charge in [0.25, 0.3) is 0 Å². The van der Waals surface area contributed by atoms with Crippen LogP contribution in [-0.4, -0.2) is 19.9 Å². The summed E-state index contributed by atoms with van der Waals surface area (Å²) in [5.74, 6) is -0.333. The Hall–Kier alpha value is -2.48. The van der Waals surface area contributed by atoms with E-state index < -0.39 is 10.6 Å². The molecule has 0 spiro atoms. The number of pyridine rings is 1. The van der Waals surface area contributed by atoms with Gasteiger partial charge in [-0.3, -0.25) is 15.1 Å². The van der Waals surface area contributed by atoms with Gasteiger partial charge in [0.15, 0.2) is 0 Å². The van der Waals surface area contributed by atoms with Crippen molar-refractivity contribution in [1.82, 2.24) is 15.0 Å². The van der Waals surface area contributed by atoms with Gasteiger partial charge in [-0.05, 0) is 0 Å². The van der Waals surface area contributed by atoms with E-state index in [0.717, 1.165) is 6.33 Å². The van der Waals surface area contributed by atoms with Gasteiger partial charge in [-0.1, -0.05) is 11.6 Å². The van der Waals surface area contributed by atoms with Crippen molar-refractivity contribution in [2.24, 2.45) is 0 Å². The fraction of sp³-hybridized carbons (Fsp3) is 0. The van der Waals surface area contributed by atoms with Gasteiger partial charge < -0.3 is 10.5 Å². The maximum atomic E-state index is 10.8. The van der Waals surface area contributed by atoms with Crippen LogP contribution in [0.5, 0.6) is 11.6 Å². The fourth-order valence-electron chi connectivity index (χ4n) is 1.18. The van der Waals surface area contributed by atoms with Gasteiger partial charge in [0.2, 0.25) is 5.82 Å². The van der Waals surface area contributed by atoms with Crippen molar-refractivity contribution < 1.29 is 9.66 Å². The van der Waals surface area contributed by atoms with Crippen LogP contribution in [0.1, 0.15) is 0 Å². The maximum Gasteiger partial charge on any atom is 0.372 e. The molecule has 0 saturated carbocycles. The second kappa shape index (κ2) is 4.80. The number of rotatable bonds is 3. The number of nitrogens with zero attached hydrogens (tertiary/aromatic N) is 4.